The van der Waals surface area contributed by atoms with Gasteiger partial charge in [0.2, 0.25) is 5.91 Å². The number of benzene rings is 1. The van der Waals surface area contributed by atoms with E-state index >= 15 is 0 Å². The molecule has 0 aromatic heterocycles. The average molecular weight is 390 g/mol. The number of rotatable bonds is 7. The van der Waals surface area contributed by atoms with Crippen LogP contribution in [0, 0.1) is 5.82 Å². The van der Waals surface area contributed by atoms with Crippen LogP contribution in [-0.4, -0.2) is 37.0 Å². The normalized spacial score (nSPS) is 12.2. The van der Waals surface area contributed by atoms with Crippen molar-refractivity contribution in [3.8, 4) is 0 Å². The average Bonchev–Trinajstić information content (AvgIpc) is 2.51. The number of nitrogens with one attached hydrogen (secondary N) is 1. The van der Waals surface area contributed by atoms with E-state index < -0.39 is 23.7 Å². The number of thioether (sulfide) groups is 1. The van der Waals surface area contributed by atoms with Gasteiger partial charge in [-0.25, -0.2) is 9.18 Å². The third-order valence-corrected chi connectivity index (χ3v) is 3.92. The summed E-state index contributed by atoms with van der Waals surface area (Å²) in [6.45, 7) is 0. The predicted molar refractivity (Wildman–Crippen MR) is 90.1 cm³/mol. The lowest BCUT2D eigenvalue weighted by Crippen LogP contribution is -2.41. The highest BCUT2D eigenvalue weighted by molar-refractivity contribution is 9.10. The van der Waals surface area contributed by atoms with Crippen molar-refractivity contribution in [2.75, 3.05) is 19.1 Å². The van der Waals surface area contributed by atoms with Crippen molar-refractivity contribution in [2.45, 2.75) is 12.5 Å². The molecule has 0 bridgehead atoms. The van der Waals surface area contributed by atoms with Crippen molar-refractivity contribution in [1.29, 1.82) is 0 Å². The molecule has 0 aliphatic carbocycles. The van der Waals surface area contributed by atoms with Gasteiger partial charge in [0.15, 0.2) is 0 Å². The lowest BCUT2D eigenvalue weighted by atomic mass is 10.2. The number of amides is 1. The Bertz CT molecular complexity index is 566. The molecule has 0 radical (unpaired) electrons. The van der Waals surface area contributed by atoms with Crippen LogP contribution < -0.4 is 5.32 Å². The first-order valence-corrected chi connectivity index (χ1v) is 8.67. The second-order valence-electron chi connectivity index (χ2n) is 4.36. The van der Waals surface area contributed by atoms with Gasteiger partial charge in [-0.3, -0.25) is 4.79 Å². The van der Waals surface area contributed by atoms with Crippen LogP contribution in [0.1, 0.15) is 12.0 Å². The fourth-order valence-electron chi connectivity index (χ4n) is 1.65. The molecule has 1 aromatic carbocycles. The van der Waals surface area contributed by atoms with Gasteiger partial charge in [0.25, 0.3) is 0 Å². The Morgan fingerprint density at radius 2 is 2.23 bits per heavy atom. The van der Waals surface area contributed by atoms with E-state index in [0.717, 1.165) is 0 Å². The monoisotopic (exact) mass is 389 g/mol. The molecule has 1 atom stereocenters. The van der Waals surface area contributed by atoms with Crippen molar-refractivity contribution in [3.63, 3.8) is 0 Å². The number of hydrogen-bond acceptors (Lipinski definition) is 4. The van der Waals surface area contributed by atoms with Gasteiger partial charge in [-0.05, 0) is 42.7 Å². The predicted octanol–water partition coefficient (Wildman–Crippen LogP) is 3.01. The number of ether oxygens (including phenoxy) is 1. The Hall–Kier alpha value is -1.34. The van der Waals surface area contributed by atoms with E-state index in [1.165, 1.54) is 25.3 Å². The molecular weight excluding hydrogens is 373 g/mol. The summed E-state index contributed by atoms with van der Waals surface area (Å²) in [5, 5.41) is 2.56. The minimum Gasteiger partial charge on any atom is -0.467 e. The molecule has 1 rings (SSSR count). The van der Waals surface area contributed by atoms with Gasteiger partial charge in [0, 0.05) is 16.1 Å². The summed E-state index contributed by atoms with van der Waals surface area (Å²) < 4.78 is 18.9. The summed E-state index contributed by atoms with van der Waals surface area (Å²) in [5.41, 5.74) is 0.281. The largest absolute Gasteiger partial charge is 0.467 e. The smallest absolute Gasteiger partial charge is 0.328 e. The molecule has 0 unspecified atom stereocenters. The van der Waals surface area contributed by atoms with Gasteiger partial charge < -0.3 is 10.1 Å². The number of carbonyl (C=O) groups is 2. The molecule has 0 aliphatic rings. The highest BCUT2D eigenvalue weighted by atomic mass is 79.9. The lowest BCUT2D eigenvalue weighted by Gasteiger charge is -2.14. The number of halogens is 2. The molecular formula is C15H17BrFNO3S. The Labute approximate surface area is 141 Å². The summed E-state index contributed by atoms with van der Waals surface area (Å²) >= 11 is 4.80. The van der Waals surface area contributed by atoms with Crippen LogP contribution >= 0.6 is 27.7 Å². The molecule has 4 nitrogen and oxygen atoms in total. The van der Waals surface area contributed by atoms with E-state index in [4.69, 9.17) is 0 Å². The van der Waals surface area contributed by atoms with E-state index in [9.17, 15) is 14.0 Å². The van der Waals surface area contributed by atoms with Crippen molar-refractivity contribution >= 4 is 45.6 Å². The van der Waals surface area contributed by atoms with Crippen molar-refractivity contribution in [3.05, 3.63) is 40.1 Å². The Morgan fingerprint density at radius 1 is 1.50 bits per heavy atom. The quantitative estimate of drug-likeness (QED) is 0.575. The molecule has 0 saturated carbocycles. The first kappa shape index (κ1) is 18.7. The molecule has 0 spiro atoms. The highest BCUT2D eigenvalue weighted by Gasteiger charge is 2.19. The van der Waals surface area contributed by atoms with Crippen LogP contribution in [0.5, 0.6) is 0 Å². The number of carbonyl (C=O) groups excluding carboxylic acids is 2. The molecule has 22 heavy (non-hydrogen) atoms. The van der Waals surface area contributed by atoms with Crippen molar-refractivity contribution < 1.29 is 18.7 Å². The van der Waals surface area contributed by atoms with Crippen LogP contribution in [0.3, 0.4) is 0 Å². The summed E-state index contributed by atoms with van der Waals surface area (Å²) in [7, 11) is 1.27. The minimum atomic E-state index is -0.707. The van der Waals surface area contributed by atoms with Crippen LogP contribution in [0.25, 0.3) is 6.08 Å². The molecule has 1 N–H and O–H groups in total. The topological polar surface area (TPSA) is 55.4 Å². The standard InChI is InChI=1S/C15H17BrFNO3S/c1-21-15(20)13(7-8-22-2)18-14(19)6-3-10-9-11(16)4-5-12(10)17/h3-6,9,13H,7-8H2,1-2H3,(H,18,19)/b6-3+/t13-/m1/s1. The zero-order chi connectivity index (χ0) is 16.5. The first-order chi connectivity index (χ1) is 10.5. The Kier molecular flexibility index (Phi) is 8.19. The SMILES string of the molecule is COC(=O)[C@@H](CCSC)NC(=O)/C=C/c1cc(Br)ccc1F. The van der Waals surface area contributed by atoms with Gasteiger partial charge in [-0.1, -0.05) is 15.9 Å². The fourth-order valence-corrected chi connectivity index (χ4v) is 2.50. The van der Waals surface area contributed by atoms with E-state index in [2.05, 4.69) is 26.0 Å². The fraction of sp³-hybridized carbons (Fsp3) is 0.333. The van der Waals surface area contributed by atoms with Gasteiger partial charge >= 0.3 is 5.97 Å². The van der Waals surface area contributed by atoms with Gasteiger partial charge in [-0.2, -0.15) is 11.8 Å². The Morgan fingerprint density at radius 3 is 2.86 bits per heavy atom. The summed E-state index contributed by atoms with van der Waals surface area (Å²) in [4.78, 5) is 23.4. The van der Waals surface area contributed by atoms with Crippen molar-refractivity contribution in [2.24, 2.45) is 0 Å². The van der Waals surface area contributed by atoms with Crippen LogP contribution in [-0.2, 0) is 14.3 Å². The maximum atomic E-state index is 13.6. The number of esters is 1. The summed E-state index contributed by atoms with van der Waals surface area (Å²) in [6.07, 6.45) is 4.93. The second-order valence-corrected chi connectivity index (χ2v) is 6.27. The zero-order valence-electron chi connectivity index (χ0n) is 12.3. The summed E-state index contributed by atoms with van der Waals surface area (Å²) in [5.74, 6) is -0.691. The van der Waals surface area contributed by atoms with Crippen LogP contribution in [0.2, 0.25) is 0 Å². The summed E-state index contributed by atoms with van der Waals surface area (Å²) in [6, 6.07) is 3.73. The lowest BCUT2D eigenvalue weighted by molar-refractivity contribution is -0.144. The maximum absolute atomic E-state index is 13.6. The minimum absolute atomic E-state index is 0.281. The maximum Gasteiger partial charge on any atom is 0.328 e. The second kappa shape index (κ2) is 9.63. The molecule has 0 heterocycles. The third kappa shape index (κ3) is 6.19. The number of methoxy groups -OCH3 is 1. The van der Waals surface area contributed by atoms with Crippen LogP contribution in [0.15, 0.2) is 28.7 Å². The van der Waals surface area contributed by atoms with Crippen molar-refractivity contribution in [1.82, 2.24) is 5.32 Å². The van der Waals surface area contributed by atoms with E-state index in [0.29, 0.717) is 16.6 Å². The third-order valence-electron chi connectivity index (χ3n) is 2.79. The van der Waals surface area contributed by atoms with Gasteiger partial charge in [-0.15, -0.1) is 0 Å². The molecule has 120 valence electrons. The molecule has 1 amide bonds. The molecule has 0 aliphatic heterocycles. The molecule has 1 aromatic rings. The van der Waals surface area contributed by atoms with E-state index in [1.54, 1.807) is 23.9 Å². The van der Waals surface area contributed by atoms with E-state index in [-0.39, 0.29) is 5.56 Å². The molecule has 0 saturated heterocycles. The first-order valence-electron chi connectivity index (χ1n) is 6.48. The number of hydrogen-bond donors (Lipinski definition) is 1. The van der Waals surface area contributed by atoms with Crippen LogP contribution in [0.4, 0.5) is 4.39 Å². The van der Waals surface area contributed by atoms with Gasteiger partial charge in [0.05, 0.1) is 7.11 Å². The highest BCUT2D eigenvalue weighted by Crippen LogP contribution is 2.16. The Balaban J connectivity index is 2.71. The zero-order valence-corrected chi connectivity index (χ0v) is 14.7. The molecule has 7 heteroatoms. The van der Waals surface area contributed by atoms with E-state index in [1.807, 2.05) is 6.26 Å². The van der Waals surface area contributed by atoms with Gasteiger partial charge in [0.1, 0.15) is 11.9 Å². The molecule has 0 fully saturated rings.